The molecule has 0 spiro atoms. The number of ether oxygens (including phenoxy) is 3. The first-order chi connectivity index (χ1) is 13.2. The Morgan fingerprint density at radius 3 is 2.89 bits per heavy atom. The first kappa shape index (κ1) is 17.0. The Kier molecular flexibility index (Phi) is 4.65. The zero-order chi connectivity index (χ0) is 18.6. The van der Waals surface area contributed by atoms with E-state index in [0.717, 1.165) is 16.9 Å². The number of fused-ring (bicyclic) bond motifs is 1. The highest BCUT2D eigenvalue weighted by atomic mass is 16.6. The van der Waals surface area contributed by atoms with E-state index in [1.165, 1.54) is 0 Å². The van der Waals surface area contributed by atoms with Gasteiger partial charge in [-0.15, -0.1) is 0 Å². The van der Waals surface area contributed by atoms with E-state index in [1.807, 2.05) is 36.4 Å². The van der Waals surface area contributed by atoms with Crippen molar-refractivity contribution < 1.29 is 19.0 Å². The quantitative estimate of drug-likeness (QED) is 0.726. The molecule has 0 saturated heterocycles. The molecule has 2 heterocycles. The number of methoxy groups -OCH3 is 1. The van der Waals surface area contributed by atoms with Gasteiger partial charge in [-0.2, -0.15) is 5.10 Å². The van der Waals surface area contributed by atoms with Crippen LogP contribution >= 0.6 is 0 Å². The van der Waals surface area contributed by atoms with Crippen molar-refractivity contribution in [2.75, 3.05) is 20.3 Å². The van der Waals surface area contributed by atoms with Crippen molar-refractivity contribution >= 4 is 5.91 Å². The summed E-state index contributed by atoms with van der Waals surface area (Å²) in [6, 6.07) is 12.9. The number of para-hydroxylation sites is 2. The number of carbonyl (C=O) groups excluding carboxylic acids is 1. The van der Waals surface area contributed by atoms with Crippen LogP contribution in [0.5, 0.6) is 17.2 Å². The Morgan fingerprint density at radius 2 is 2.11 bits per heavy atom. The average Bonchev–Trinajstić information content (AvgIpc) is 3.26. The molecule has 3 aromatic rings. The van der Waals surface area contributed by atoms with E-state index in [9.17, 15) is 4.79 Å². The molecule has 1 amide bonds. The molecule has 138 valence electrons. The van der Waals surface area contributed by atoms with Crippen LogP contribution < -0.4 is 19.5 Å². The van der Waals surface area contributed by atoms with Crippen LogP contribution in [0, 0.1) is 0 Å². The standard InChI is InChI=1S/C20H19N3O4/c1-25-19-8-13(14-9-22-23-10-14)6-7-16(19)20(24)21-11-15-12-26-17-4-2-3-5-18(17)27-15/h2-10,15H,11-12H2,1H3,(H,21,24)(H,22,23). The monoisotopic (exact) mass is 365 g/mol. The number of aromatic amines is 1. The van der Waals surface area contributed by atoms with Crippen LogP contribution in [0.3, 0.4) is 0 Å². The van der Waals surface area contributed by atoms with Gasteiger partial charge in [-0.05, 0) is 29.8 Å². The molecule has 1 aliphatic heterocycles. The highest BCUT2D eigenvalue weighted by molar-refractivity contribution is 5.97. The number of carbonyl (C=O) groups is 1. The summed E-state index contributed by atoms with van der Waals surface area (Å²) in [5.74, 6) is 1.67. The molecule has 0 fully saturated rings. The van der Waals surface area contributed by atoms with Crippen molar-refractivity contribution in [3.63, 3.8) is 0 Å². The van der Waals surface area contributed by atoms with Crippen molar-refractivity contribution in [3.05, 3.63) is 60.4 Å². The minimum Gasteiger partial charge on any atom is -0.496 e. The predicted octanol–water partition coefficient (Wildman–Crippen LogP) is 2.66. The number of H-pyrrole nitrogens is 1. The Balaban J connectivity index is 1.43. The van der Waals surface area contributed by atoms with Gasteiger partial charge in [0.25, 0.3) is 5.91 Å². The highest BCUT2D eigenvalue weighted by Gasteiger charge is 2.22. The Labute approximate surface area is 156 Å². The number of amides is 1. The number of hydrogen-bond donors (Lipinski definition) is 2. The number of rotatable bonds is 5. The lowest BCUT2D eigenvalue weighted by Gasteiger charge is -2.26. The van der Waals surface area contributed by atoms with Crippen LogP contribution in [0.25, 0.3) is 11.1 Å². The summed E-state index contributed by atoms with van der Waals surface area (Å²) < 4.78 is 16.9. The van der Waals surface area contributed by atoms with E-state index in [0.29, 0.717) is 30.2 Å². The molecule has 1 atom stereocenters. The molecular weight excluding hydrogens is 346 g/mol. The molecule has 0 radical (unpaired) electrons. The van der Waals surface area contributed by atoms with Gasteiger partial charge in [-0.3, -0.25) is 9.89 Å². The lowest BCUT2D eigenvalue weighted by atomic mass is 10.1. The van der Waals surface area contributed by atoms with Gasteiger partial charge in [0.15, 0.2) is 11.5 Å². The lowest BCUT2D eigenvalue weighted by molar-refractivity contribution is 0.0787. The second-order valence-electron chi connectivity index (χ2n) is 6.11. The van der Waals surface area contributed by atoms with Crippen LogP contribution in [0.2, 0.25) is 0 Å². The topological polar surface area (TPSA) is 85.5 Å². The Bertz CT molecular complexity index is 940. The van der Waals surface area contributed by atoms with E-state index >= 15 is 0 Å². The molecule has 7 nitrogen and oxygen atoms in total. The number of benzene rings is 2. The molecular formula is C20H19N3O4. The maximum absolute atomic E-state index is 12.6. The zero-order valence-electron chi connectivity index (χ0n) is 14.8. The number of nitrogens with one attached hydrogen (secondary N) is 2. The third kappa shape index (κ3) is 3.57. The van der Waals surface area contributed by atoms with Crippen LogP contribution in [-0.4, -0.2) is 42.5 Å². The molecule has 0 aliphatic carbocycles. The fraction of sp³-hybridized carbons (Fsp3) is 0.200. The SMILES string of the molecule is COc1cc(-c2cn[nH]c2)ccc1C(=O)NCC1COc2ccccc2O1. The number of aromatic nitrogens is 2. The van der Waals surface area contributed by atoms with E-state index in [-0.39, 0.29) is 12.0 Å². The summed E-state index contributed by atoms with van der Waals surface area (Å²) in [5.41, 5.74) is 2.30. The largest absolute Gasteiger partial charge is 0.496 e. The molecule has 2 aromatic carbocycles. The second-order valence-corrected chi connectivity index (χ2v) is 6.11. The molecule has 27 heavy (non-hydrogen) atoms. The van der Waals surface area contributed by atoms with Gasteiger partial charge in [-0.25, -0.2) is 0 Å². The van der Waals surface area contributed by atoms with E-state index in [1.54, 1.807) is 25.6 Å². The molecule has 0 bridgehead atoms. The third-order valence-corrected chi connectivity index (χ3v) is 4.34. The Hall–Kier alpha value is -3.48. The van der Waals surface area contributed by atoms with E-state index in [2.05, 4.69) is 15.5 Å². The molecule has 2 N–H and O–H groups in total. The summed E-state index contributed by atoms with van der Waals surface area (Å²) in [6.07, 6.45) is 3.25. The maximum atomic E-state index is 12.6. The van der Waals surface area contributed by atoms with Crippen LogP contribution in [0.15, 0.2) is 54.9 Å². The van der Waals surface area contributed by atoms with Crippen molar-refractivity contribution in [1.82, 2.24) is 15.5 Å². The van der Waals surface area contributed by atoms with Gasteiger partial charge in [0.2, 0.25) is 0 Å². The predicted molar refractivity (Wildman–Crippen MR) is 99.3 cm³/mol. The maximum Gasteiger partial charge on any atom is 0.255 e. The van der Waals surface area contributed by atoms with E-state index < -0.39 is 0 Å². The van der Waals surface area contributed by atoms with Crippen LogP contribution in [0.4, 0.5) is 0 Å². The summed E-state index contributed by atoms with van der Waals surface area (Å²) in [6.45, 7) is 0.716. The second kappa shape index (κ2) is 7.41. The van der Waals surface area contributed by atoms with Gasteiger partial charge < -0.3 is 19.5 Å². The minimum absolute atomic E-state index is 0.229. The molecule has 1 aromatic heterocycles. The van der Waals surface area contributed by atoms with Gasteiger partial charge in [0, 0.05) is 11.8 Å². The zero-order valence-corrected chi connectivity index (χ0v) is 14.8. The summed E-state index contributed by atoms with van der Waals surface area (Å²) >= 11 is 0. The van der Waals surface area contributed by atoms with Gasteiger partial charge in [0.05, 0.1) is 25.4 Å². The molecule has 1 unspecified atom stereocenters. The van der Waals surface area contributed by atoms with Crippen LogP contribution in [-0.2, 0) is 0 Å². The normalized spacial score (nSPS) is 15.2. The summed E-state index contributed by atoms with van der Waals surface area (Å²) in [5, 5.41) is 9.59. The average molecular weight is 365 g/mol. The lowest BCUT2D eigenvalue weighted by Crippen LogP contribution is -2.40. The number of hydrogen-bond acceptors (Lipinski definition) is 5. The fourth-order valence-electron chi connectivity index (χ4n) is 2.93. The number of nitrogens with zero attached hydrogens (tertiary/aromatic N) is 1. The molecule has 4 rings (SSSR count). The first-order valence-corrected chi connectivity index (χ1v) is 8.58. The summed E-state index contributed by atoms with van der Waals surface area (Å²) in [7, 11) is 1.54. The van der Waals surface area contributed by atoms with Gasteiger partial charge in [-0.1, -0.05) is 18.2 Å². The van der Waals surface area contributed by atoms with E-state index in [4.69, 9.17) is 14.2 Å². The molecule has 1 aliphatic rings. The molecule has 0 saturated carbocycles. The molecule has 7 heteroatoms. The van der Waals surface area contributed by atoms with Crippen molar-refractivity contribution in [1.29, 1.82) is 0 Å². The third-order valence-electron chi connectivity index (χ3n) is 4.34. The summed E-state index contributed by atoms with van der Waals surface area (Å²) in [4.78, 5) is 12.6. The minimum atomic E-state index is -0.250. The van der Waals surface area contributed by atoms with Crippen molar-refractivity contribution in [3.8, 4) is 28.4 Å². The smallest absolute Gasteiger partial charge is 0.255 e. The fourth-order valence-corrected chi connectivity index (χ4v) is 2.93. The van der Waals surface area contributed by atoms with Crippen molar-refractivity contribution in [2.24, 2.45) is 0 Å². The van der Waals surface area contributed by atoms with Gasteiger partial charge in [0.1, 0.15) is 18.5 Å². The first-order valence-electron chi connectivity index (χ1n) is 8.58. The van der Waals surface area contributed by atoms with Gasteiger partial charge >= 0.3 is 0 Å². The van der Waals surface area contributed by atoms with Crippen LogP contribution in [0.1, 0.15) is 10.4 Å². The highest BCUT2D eigenvalue weighted by Crippen LogP contribution is 2.31. The Morgan fingerprint density at radius 1 is 1.26 bits per heavy atom. The van der Waals surface area contributed by atoms with Crippen molar-refractivity contribution in [2.45, 2.75) is 6.10 Å².